The Morgan fingerprint density at radius 3 is 2.71 bits per heavy atom. The number of rotatable bonds is 7. The van der Waals surface area contributed by atoms with Crippen LogP contribution in [0.1, 0.15) is 38.2 Å². The van der Waals surface area contributed by atoms with Crippen molar-refractivity contribution in [2.75, 3.05) is 19.8 Å². The summed E-state index contributed by atoms with van der Waals surface area (Å²) < 4.78 is 10.7. The molecule has 0 radical (unpaired) electrons. The standard InChI is InChI=1S/C12H19ClN2O2/c1-4-16-5-6-17-11-8-14-12(9(2)3)15-10(11)7-13/h8-9H,4-7H2,1-3H3. The van der Waals surface area contributed by atoms with E-state index in [1.807, 2.05) is 20.8 Å². The fraction of sp³-hybridized carbons (Fsp3) is 0.667. The molecule has 1 aromatic rings. The van der Waals surface area contributed by atoms with Crippen LogP contribution in [0, 0.1) is 0 Å². The van der Waals surface area contributed by atoms with Crippen LogP contribution in [0.4, 0.5) is 0 Å². The molecule has 96 valence electrons. The molecule has 0 aliphatic rings. The largest absolute Gasteiger partial charge is 0.488 e. The van der Waals surface area contributed by atoms with Crippen molar-refractivity contribution in [3.63, 3.8) is 0 Å². The van der Waals surface area contributed by atoms with Gasteiger partial charge in [0.15, 0.2) is 5.75 Å². The van der Waals surface area contributed by atoms with Gasteiger partial charge in [0.2, 0.25) is 0 Å². The second kappa shape index (κ2) is 7.45. The topological polar surface area (TPSA) is 44.2 Å². The van der Waals surface area contributed by atoms with Crippen LogP contribution in [0.5, 0.6) is 5.75 Å². The van der Waals surface area contributed by atoms with E-state index in [-0.39, 0.29) is 5.92 Å². The quantitative estimate of drug-likeness (QED) is 0.557. The Bertz CT molecular complexity index is 345. The molecule has 17 heavy (non-hydrogen) atoms. The zero-order chi connectivity index (χ0) is 12.7. The van der Waals surface area contributed by atoms with Gasteiger partial charge in [0.05, 0.1) is 18.7 Å². The molecule has 0 fully saturated rings. The van der Waals surface area contributed by atoms with Crippen molar-refractivity contribution in [3.8, 4) is 5.75 Å². The van der Waals surface area contributed by atoms with Crippen LogP contribution in [-0.4, -0.2) is 29.8 Å². The SMILES string of the molecule is CCOCCOc1cnc(C(C)C)nc1CCl. The molecule has 0 unspecified atom stereocenters. The molecule has 0 aromatic carbocycles. The third-order valence-corrected chi connectivity index (χ3v) is 2.43. The molecule has 1 rings (SSSR count). The van der Waals surface area contributed by atoms with Crippen molar-refractivity contribution >= 4 is 11.6 Å². The lowest BCUT2D eigenvalue weighted by Gasteiger charge is -2.11. The van der Waals surface area contributed by atoms with E-state index in [9.17, 15) is 0 Å². The van der Waals surface area contributed by atoms with E-state index in [1.54, 1.807) is 6.20 Å². The van der Waals surface area contributed by atoms with E-state index in [4.69, 9.17) is 21.1 Å². The highest BCUT2D eigenvalue weighted by Gasteiger charge is 2.09. The van der Waals surface area contributed by atoms with E-state index < -0.39 is 0 Å². The van der Waals surface area contributed by atoms with Crippen LogP contribution < -0.4 is 4.74 Å². The first kappa shape index (κ1) is 14.2. The van der Waals surface area contributed by atoms with Crippen LogP contribution in [0.25, 0.3) is 0 Å². The van der Waals surface area contributed by atoms with E-state index in [0.717, 1.165) is 11.5 Å². The number of ether oxygens (including phenoxy) is 2. The summed E-state index contributed by atoms with van der Waals surface area (Å²) in [5, 5.41) is 0. The normalized spacial score (nSPS) is 10.9. The summed E-state index contributed by atoms with van der Waals surface area (Å²) in [4.78, 5) is 8.63. The Morgan fingerprint density at radius 2 is 2.12 bits per heavy atom. The number of alkyl halides is 1. The summed E-state index contributed by atoms with van der Waals surface area (Å²) in [6.45, 7) is 7.78. The minimum atomic E-state index is 0.287. The summed E-state index contributed by atoms with van der Waals surface area (Å²) in [7, 11) is 0. The van der Waals surface area contributed by atoms with Gasteiger partial charge in [-0.15, -0.1) is 11.6 Å². The summed E-state index contributed by atoms with van der Waals surface area (Å²) >= 11 is 5.85. The number of hydrogen-bond acceptors (Lipinski definition) is 4. The molecule has 0 aliphatic carbocycles. The smallest absolute Gasteiger partial charge is 0.160 e. The lowest BCUT2D eigenvalue weighted by molar-refractivity contribution is 0.109. The molecule has 0 aliphatic heterocycles. The lowest BCUT2D eigenvalue weighted by Crippen LogP contribution is -2.09. The Hall–Kier alpha value is -0.870. The monoisotopic (exact) mass is 258 g/mol. The molecule has 0 saturated heterocycles. The summed E-state index contributed by atoms with van der Waals surface area (Å²) in [6, 6.07) is 0. The molecule has 0 amide bonds. The number of aromatic nitrogens is 2. The van der Waals surface area contributed by atoms with Gasteiger partial charge in [0.25, 0.3) is 0 Å². The van der Waals surface area contributed by atoms with Crippen LogP contribution in [0.3, 0.4) is 0 Å². The molecule has 0 bridgehead atoms. The highest BCUT2D eigenvalue weighted by atomic mass is 35.5. The molecular weight excluding hydrogens is 240 g/mol. The van der Waals surface area contributed by atoms with Gasteiger partial charge in [-0.05, 0) is 6.92 Å². The Morgan fingerprint density at radius 1 is 1.35 bits per heavy atom. The summed E-state index contributed by atoms with van der Waals surface area (Å²) in [6.07, 6.45) is 1.69. The first-order chi connectivity index (χ1) is 8.19. The molecule has 0 spiro atoms. The number of nitrogens with zero attached hydrogens (tertiary/aromatic N) is 2. The van der Waals surface area contributed by atoms with Crippen molar-refractivity contribution < 1.29 is 9.47 Å². The van der Waals surface area contributed by atoms with Gasteiger partial charge in [-0.25, -0.2) is 9.97 Å². The molecule has 1 heterocycles. The zero-order valence-electron chi connectivity index (χ0n) is 10.6. The number of hydrogen-bond donors (Lipinski definition) is 0. The fourth-order valence-corrected chi connectivity index (χ4v) is 1.46. The van der Waals surface area contributed by atoms with E-state index in [0.29, 0.717) is 31.5 Å². The van der Waals surface area contributed by atoms with E-state index >= 15 is 0 Å². The predicted octanol–water partition coefficient (Wildman–Crippen LogP) is 2.75. The maximum atomic E-state index is 5.85. The van der Waals surface area contributed by atoms with Gasteiger partial charge in [0.1, 0.15) is 18.1 Å². The van der Waals surface area contributed by atoms with Crippen molar-refractivity contribution in [1.29, 1.82) is 0 Å². The van der Waals surface area contributed by atoms with Gasteiger partial charge in [-0.2, -0.15) is 0 Å². The van der Waals surface area contributed by atoms with Crippen LogP contribution >= 0.6 is 11.6 Å². The van der Waals surface area contributed by atoms with Crippen molar-refractivity contribution in [3.05, 3.63) is 17.7 Å². The molecule has 0 atom stereocenters. The molecular formula is C12H19ClN2O2. The first-order valence-corrected chi connectivity index (χ1v) is 6.34. The van der Waals surface area contributed by atoms with Crippen molar-refractivity contribution in [2.24, 2.45) is 0 Å². The van der Waals surface area contributed by atoms with Crippen molar-refractivity contribution in [1.82, 2.24) is 9.97 Å². The summed E-state index contributed by atoms with van der Waals surface area (Å²) in [5.41, 5.74) is 0.738. The average molecular weight is 259 g/mol. The average Bonchev–Trinajstić information content (AvgIpc) is 2.34. The Balaban J connectivity index is 2.65. The van der Waals surface area contributed by atoms with Gasteiger partial charge in [0, 0.05) is 12.5 Å². The van der Waals surface area contributed by atoms with E-state index in [2.05, 4.69) is 9.97 Å². The van der Waals surface area contributed by atoms with Gasteiger partial charge in [-0.3, -0.25) is 0 Å². The lowest BCUT2D eigenvalue weighted by atomic mass is 10.2. The fourth-order valence-electron chi connectivity index (χ4n) is 1.27. The Kier molecular flexibility index (Phi) is 6.22. The molecule has 4 nitrogen and oxygen atoms in total. The highest BCUT2D eigenvalue weighted by Crippen LogP contribution is 2.19. The number of halogens is 1. The maximum absolute atomic E-state index is 5.85. The second-order valence-corrected chi connectivity index (χ2v) is 4.14. The van der Waals surface area contributed by atoms with Crippen molar-refractivity contribution in [2.45, 2.75) is 32.6 Å². The van der Waals surface area contributed by atoms with Crippen LogP contribution in [0.2, 0.25) is 0 Å². The molecule has 0 saturated carbocycles. The molecule has 0 N–H and O–H groups in total. The minimum absolute atomic E-state index is 0.287. The van der Waals surface area contributed by atoms with Gasteiger partial charge in [-0.1, -0.05) is 13.8 Å². The maximum Gasteiger partial charge on any atom is 0.160 e. The summed E-state index contributed by atoms with van der Waals surface area (Å²) in [5.74, 6) is 2.04. The van der Waals surface area contributed by atoms with Crippen LogP contribution in [-0.2, 0) is 10.6 Å². The minimum Gasteiger partial charge on any atom is -0.488 e. The van der Waals surface area contributed by atoms with Gasteiger partial charge < -0.3 is 9.47 Å². The van der Waals surface area contributed by atoms with Gasteiger partial charge >= 0.3 is 0 Å². The molecule has 5 heteroatoms. The first-order valence-electron chi connectivity index (χ1n) is 5.81. The molecule has 1 aromatic heterocycles. The van der Waals surface area contributed by atoms with Crippen LogP contribution in [0.15, 0.2) is 6.20 Å². The third-order valence-electron chi connectivity index (χ3n) is 2.18. The second-order valence-electron chi connectivity index (χ2n) is 3.87. The van der Waals surface area contributed by atoms with E-state index in [1.165, 1.54) is 0 Å². The third kappa shape index (κ3) is 4.48. The predicted molar refractivity (Wildman–Crippen MR) is 67.7 cm³/mol. The zero-order valence-corrected chi connectivity index (χ0v) is 11.3. The highest BCUT2D eigenvalue weighted by molar-refractivity contribution is 6.17. The Labute approximate surface area is 107 Å².